The third kappa shape index (κ3) is 1.69. The molecule has 0 spiro atoms. The highest BCUT2D eigenvalue weighted by Gasteiger charge is 2.51. The van der Waals surface area contributed by atoms with E-state index in [0.717, 1.165) is 24.2 Å². The fourth-order valence-corrected chi connectivity index (χ4v) is 5.44. The Morgan fingerprint density at radius 2 is 1.83 bits per heavy atom. The van der Waals surface area contributed by atoms with Crippen LogP contribution in [0.1, 0.15) is 56.8 Å². The molecule has 4 bridgehead atoms. The first-order valence-electron chi connectivity index (χ1n) is 7.24. The normalized spacial score (nSPS) is 43.3. The van der Waals surface area contributed by atoms with E-state index in [-0.39, 0.29) is 6.04 Å². The van der Waals surface area contributed by atoms with Gasteiger partial charge in [0.15, 0.2) is 5.82 Å². The Morgan fingerprint density at radius 1 is 1.22 bits per heavy atom. The molecule has 1 heterocycles. The molecule has 4 fully saturated rings. The molecule has 0 aliphatic heterocycles. The van der Waals surface area contributed by atoms with Crippen LogP contribution in [0.25, 0.3) is 0 Å². The van der Waals surface area contributed by atoms with Gasteiger partial charge in [0.05, 0.1) is 6.04 Å². The van der Waals surface area contributed by atoms with Gasteiger partial charge in [-0.2, -0.15) is 4.98 Å². The summed E-state index contributed by atoms with van der Waals surface area (Å²) < 4.78 is 4.82. The van der Waals surface area contributed by atoms with Crippen LogP contribution in [0, 0.1) is 23.2 Å². The fourth-order valence-electron chi connectivity index (χ4n) is 5.44. The molecule has 0 aromatic carbocycles. The molecule has 98 valence electrons. The highest BCUT2D eigenvalue weighted by Crippen LogP contribution is 2.62. The number of aromatic nitrogens is 2. The van der Waals surface area contributed by atoms with Crippen LogP contribution in [0.3, 0.4) is 0 Å². The van der Waals surface area contributed by atoms with Crippen molar-refractivity contribution in [1.82, 2.24) is 10.1 Å². The predicted molar refractivity (Wildman–Crippen MR) is 66.4 cm³/mol. The van der Waals surface area contributed by atoms with Gasteiger partial charge in [-0.05, 0) is 68.1 Å². The zero-order chi connectivity index (χ0) is 12.2. The molecular formula is C14H21N3O. The van der Waals surface area contributed by atoms with Gasteiger partial charge in [-0.15, -0.1) is 0 Å². The second kappa shape index (κ2) is 3.80. The number of hydrogen-bond donors (Lipinski definition) is 1. The van der Waals surface area contributed by atoms with Gasteiger partial charge < -0.3 is 10.3 Å². The van der Waals surface area contributed by atoms with Gasteiger partial charge in [0.2, 0.25) is 6.39 Å². The van der Waals surface area contributed by atoms with E-state index in [1.807, 2.05) is 0 Å². The SMILES string of the molecule is NC(CC12CC3CC(CC(C3)C1)C2)c1ncon1. The number of hydrogen-bond acceptors (Lipinski definition) is 4. The summed E-state index contributed by atoms with van der Waals surface area (Å²) >= 11 is 0. The molecule has 4 saturated carbocycles. The van der Waals surface area contributed by atoms with Gasteiger partial charge >= 0.3 is 0 Å². The molecule has 4 nitrogen and oxygen atoms in total. The summed E-state index contributed by atoms with van der Waals surface area (Å²) in [7, 11) is 0. The average Bonchev–Trinajstić information content (AvgIpc) is 2.79. The second-order valence-corrected chi connectivity index (χ2v) is 7.02. The van der Waals surface area contributed by atoms with E-state index in [4.69, 9.17) is 10.3 Å². The molecule has 1 atom stereocenters. The van der Waals surface area contributed by atoms with Crippen LogP contribution >= 0.6 is 0 Å². The lowest BCUT2D eigenvalue weighted by atomic mass is 9.48. The summed E-state index contributed by atoms with van der Waals surface area (Å²) in [5.41, 5.74) is 6.77. The van der Waals surface area contributed by atoms with Crippen LogP contribution in [0.15, 0.2) is 10.9 Å². The Kier molecular flexibility index (Phi) is 2.31. The highest BCUT2D eigenvalue weighted by atomic mass is 16.5. The molecule has 4 aliphatic carbocycles. The summed E-state index contributed by atoms with van der Waals surface area (Å²) in [6.07, 6.45) is 11.1. The molecule has 18 heavy (non-hydrogen) atoms. The van der Waals surface area contributed by atoms with E-state index in [9.17, 15) is 0 Å². The lowest BCUT2D eigenvalue weighted by Gasteiger charge is -2.57. The number of nitrogens with zero attached hydrogens (tertiary/aromatic N) is 2. The summed E-state index contributed by atoms with van der Waals surface area (Å²) in [6, 6.07) is -0.0417. The van der Waals surface area contributed by atoms with Crippen LogP contribution in [0.2, 0.25) is 0 Å². The topological polar surface area (TPSA) is 64.9 Å². The van der Waals surface area contributed by atoms with Gasteiger partial charge in [0, 0.05) is 0 Å². The Labute approximate surface area is 107 Å². The van der Waals surface area contributed by atoms with E-state index in [1.54, 1.807) is 0 Å². The molecule has 1 unspecified atom stereocenters. The monoisotopic (exact) mass is 247 g/mol. The van der Waals surface area contributed by atoms with Crippen LogP contribution in [0.5, 0.6) is 0 Å². The molecule has 0 radical (unpaired) electrons. The first-order chi connectivity index (χ1) is 8.72. The zero-order valence-corrected chi connectivity index (χ0v) is 10.7. The maximum absolute atomic E-state index is 6.28. The second-order valence-electron chi connectivity index (χ2n) is 7.02. The summed E-state index contributed by atoms with van der Waals surface area (Å²) in [6.45, 7) is 0. The number of nitrogens with two attached hydrogens (primary N) is 1. The summed E-state index contributed by atoms with van der Waals surface area (Å²) in [5, 5.41) is 3.90. The molecule has 0 amide bonds. The van der Waals surface area contributed by atoms with Crippen molar-refractivity contribution in [3.8, 4) is 0 Å². The Morgan fingerprint density at radius 3 is 2.33 bits per heavy atom. The van der Waals surface area contributed by atoms with Gasteiger partial charge in [-0.3, -0.25) is 0 Å². The molecule has 1 aromatic heterocycles. The van der Waals surface area contributed by atoms with Crippen LogP contribution < -0.4 is 5.73 Å². The van der Waals surface area contributed by atoms with Gasteiger partial charge in [-0.1, -0.05) is 5.16 Å². The molecule has 4 aliphatic rings. The van der Waals surface area contributed by atoms with Gasteiger partial charge in [-0.25, -0.2) is 0 Å². The van der Waals surface area contributed by atoms with E-state index < -0.39 is 0 Å². The minimum absolute atomic E-state index is 0.0417. The van der Waals surface area contributed by atoms with E-state index in [1.165, 1.54) is 44.9 Å². The lowest BCUT2D eigenvalue weighted by Crippen LogP contribution is -2.47. The summed E-state index contributed by atoms with van der Waals surface area (Å²) in [5.74, 6) is 3.63. The quantitative estimate of drug-likeness (QED) is 0.891. The van der Waals surface area contributed by atoms with E-state index in [2.05, 4.69) is 10.1 Å². The van der Waals surface area contributed by atoms with Crippen LogP contribution in [0.4, 0.5) is 0 Å². The van der Waals surface area contributed by atoms with Gasteiger partial charge in [0.25, 0.3) is 0 Å². The largest absolute Gasteiger partial charge is 0.343 e. The Balaban J connectivity index is 1.54. The van der Waals surface area contributed by atoms with Crippen molar-refractivity contribution in [1.29, 1.82) is 0 Å². The van der Waals surface area contributed by atoms with E-state index >= 15 is 0 Å². The highest BCUT2D eigenvalue weighted by molar-refractivity contribution is 5.04. The molecular weight excluding hydrogens is 226 g/mol. The molecule has 1 aromatic rings. The van der Waals surface area contributed by atoms with Crippen molar-refractivity contribution in [3.63, 3.8) is 0 Å². The van der Waals surface area contributed by atoms with Gasteiger partial charge in [0.1, 0.15) is 0 Å². The molecule has 2 N–H and O–H groups in total. The molecule has 4 heteroatoms. The Bertz CT molecular complexity index is 393. The van der Waals surface area contributed by atoms with Crippen molar-refractivity contribution >= 4 is 0 Å². The Hall–Kier alpha value is -0.900. The number of rotatable bonds is 3. The van der Waals surface area contributed by atoms with Crippen molar-refractivity contribution in [2.24, 2.45) is 28.9 Å². The molecule has 0 saturated heterocycles. The maximum Gasteiger partial charge on any atom is 0.213 e. The van der Waals surface area contributed by atoms with Crippen molar-refractivity contribution < 1.29 is 4.52 Å². The zero-order valence-electron chi connectivity index (χ0n) is 10.7. The first kappa shape index (κ1) is 11.0. The third-order valence-electron chi connectivity index (χ3n) is 5.53. The minimum Gasteiger partial charge on any atom is -0.343 e. The third-order valence-corrected chi connectivity index (χ3v) is 5.53. The van der Waals surface area contributed by atoms with Crippen LogP contribution in [-0.2, 0) is 0 Å². The first-order valence-corrected chi connectivity index (χ1v) is 7.24. The van der Waals surface area contributed by atoms with Crippen molar-refractivity contribution in [2.45, 2.75) is 51.0 Å². The van der Waals surface area contributed by atoms with E-state index in [0.29, 0.717) is 11.2 Å². The minimum atomic E-state index is -0.0417. The maximum atomic E-state index is 6.28. The fraction of sp³-hybridized carbons (Fsp3) is 0.857. The average molecular weight is 247 g/mol. The van der Waals surface area contributed by atoms with Crippen molar-refractivity contribution in [3.05, 3.63) is 12.2 Å². The van der Waals surface area contributed by atoms with Crippen LogP contribution in [-0.4, -0.2) is 10.1 Å². The predicted octanol–water partition coefficient (Wildman–Crippen LogP) is 2.68. The lowest BCUT2D eigenvalue weighted by molar-refractivity contribution is -0.0609. The molecule has 5 rings (SSSR count). The van der Waals surface area contributed by atoms with Crippen molar-refractivity contribution in [2.75, 3.05) is 0 Å². The summed E-state index contributed by atoms with van der Waals surface area (Å²) in [4.78, 5) is 4.11. The standard InChI is InChI=1S/C14H21N3O/c15-12(13-16-8-18-17-13)7-14-4-9-1-10(5-14)3-11(2-9)6-14/h8-12H,1-7,15H2. The smallest absolute Gasteiger partial charge is 0.213 e.